The van der Waals surface area contributed by atoms with Crippen LogP contribution in [0.25, 0.3) is 0 Å². The standard InChI is InChI=1S/C16H24N2O2/c1-12(2)11-18(8-9-20-3)16(19)14-4-5-15-13(10-14)6-7-17-15/h4-5,10,12,17H,6-9,11H2,1-3H3. The summed E-state index contributed by atoms with van der Waals surface area (Å²) in [7, 11) is 1.67. The zero-order valence-electron chi connectivity index (χ0n) is 12.6. The van der Waals surface area contributed by atoms with Crippen molar-refractivity contribution in [1.29, 1.82) is 0 Å². The molecule has 0 unspecified atom stereocenters. The first-order valence-electron chi connectivity index (χ1n) is 7.27. The van der Waals surface area contributed by atoms with Crippen molar-refractivity contribution in [2.75, 3.05) is 38.7 Å². The first kappa shape index (κ1) is 14.9. The molecule has 4 nitrogen and oxygen atoms in total. The van der Waals surface area contributed by atoms with Crippen LogP contribution in [0.4, 0.5) is 5.69 Å². The maximum atomic E-state index is 12.6. The molecular weight excluding hydrogens is 252 g/mol. The van der Waals surface area contributed by atoms with Crippen LogP contribution >= 0.6 is 0 Å². The van der Waals surface area contributed by atoms with Gasteiger partial charge in [0.25, 0.3) is 5.91 Å². The topological polar surface area (TPSA) is 41.6 Å². The summed E-state index contributed by atoms with van der Waals surface area (Å²) in [5.41, 5.74) is 3.19. The van der Waals surface area contributed by atoms with Gasteiger partial charge in [-0.2, -0.15) is 0 Å². The minimum Gasteiger partial charge on any atom is -0.384 e. The van der Waals surface area contributed by atoms with E-state index in [1.165, 1.54) is 5.56 Å². The van der Waals surface area contributed by atoms with Gasteiger partial charge in [0, 0.05) is 38.0 Å². The van der Waals surface area contributed by atoms with E-state index in [2.05, 4.69) is 19.2 Å². The first-order valence-corrected chi connectivity index (χ1v) is 7.27. The van der Waals surface area contributed by atoms with Crippen molar-refractivity contribution in [3.63, 3.8) is 0 Å². The lowest BCUT2D eigenvalue weighted by molar-refractivity contribution is 0.0672. The lowest BCUT2D eigenvalue weighted by Crippen LogP contribution is -2.36. The molecule has 2 rings (SSSR count). The van der Waals surface area contributed by atoms with Crippen LogP contribution < -0.4 is 5.32 Å². The van der Waals surface area contributed by atoms with E-state index in [0.717, 1.165) is 30.8 Å². The zero-order chi connectivity index (χ0) is 14.5. The lowest BCUT2D eigenvalue weighted by atomic mass is 10.1. The molecule has 1 aliphatic heterocycles. The van der Waals surface area contributed by atoms with E-state index in [4.69, 9.17) is 4.74 Å². The van der Waals surface area contributed by atoms with Crippen molar-refractivity contribution in [1.82, 2.24) is 4.90 Å². The summed E-state index contributed by atoms with van der Waals surface area (Å²) in [6.07, 6.45) is 0.999. The second kappa shape index (κ2) is 6.75. The summed E-state index contributed by atoms with van der Waals surface area (Å²) in [4.78, 5) is 14.5. The molecule has 1 heterocycles. The van der Waals surface area contributed by atoms with Crippen LogP contribution in [0.1, 0.15) is 29.8 Å². The van der Waals surface area contributed by atoms with Gasteiger partial charge < -0.3 is 15.0 Å². The number of carbonyl (C=O) groups excluding carboxylic acids is 1. The van der Waals surface area contributed by atoms with Crippen molar-refractivity contribution >= 4 is 11.6 Å². The number of fused-ring (bicyclic) bond motifs is 1. The van der Waals surface area contributed by atoms with Gasteiger partial charge in [-0.3, -0.25) is 4.79 Å². The van der Waals surface area contributed by atoms with Crippen LogP contribution in [0.3, 0.4) is 0 Å². The Morgan fingerprint density at radius 2 is 2.25 bits per heavy atom. The summed E-state index contributed by atoms with van der Waals surface area (Å²) in [5, 5.41) is 3.32. The maximum Gasteiger partial charge on any atom is 0.253 e. The molecule has 1 aromatic rings. The molecule has 0 aromatic heterocycles. The highest BCUT2D eigenvalue weighted by molar-refractivity contribution is 5.95. The van der Waals surface area contributed by atoms with E-state index >= 15 is 0 Å². The summed E-state index contributed by atoms with van der Waals surface area (Å²) < 4.78 is 5.11. The third kappa shape index (κ3) is 3.51. The van der Waals surface area contributed by atoms with Crippen molar-refractivity contribution < 1.29 is 9.53 Å². The molecule has 0 spiro atoms. The quantitative estimate of drug-likeness (QED) is 0.867. The SMILES string of the molecule is COCCN(CC(C)C)C(=O)c1ccc2c(c1)CCN2. The van der Waals surface area contributed by atoms with Crippen molar-refractivity contribution in [2.45, 2.75) is 20.3 Å². The van der Waals surface area contributed by atoms with Gasteiger partial charge in [0.15, 0.2) is 0 Å². The van der Waals surface area contributed by atoms with Crippen molar-refractivity contribution in [3.8, 4) is 0 Å². The highest BCUT2D eigenvalue weighted by Gasteiger charge is 2.19. The second-order valence-electron chi connectivity index (χ2n) is 5.69. The third-order valence-electron chi connectivity index (χ3n) is 3.50. The predicted octanol–water partition coefficient (Wildman–Crippen LogP) is 2.40. The first-order chi connectivity index (χ1) is 9.61. The van der Waals surface area contributed by atoms with Gasteiger partial charge in [-0.05, 0) is 36.1 Å². The Morgan fingerprint density at radius 3 is 2.95 bits per heavy atom. The molecule has 0 aliphatic carbocycles. The van der Waals surface area contributed by atoms with Gasteiger partial charge in [0.05, 0.1) is 6.61 Å². The number of benzene rings is 1. The molecule has 1 aliphatic rings. The fraction of sp³-hybridized carbons (Fsp3) is 0.562. The molecule has 0 bridgehead atoms. The minimum atomic E-state index is 0.102. The molecular formula is C16H24N2O2. The van der Waals surface area contributed by atoms with E-state index in [1.54, 1.807) is 7.11 Å². The molecule has 0 saturated heterocycles. The number of nitrogens with one attached hydrogen (secondary N) is 1. The highest BCUT2D eigenvalue weighted by Crippen LogP contribution is 2.23. The molecule has 4 heteroatoms. The number of hydrogen-bond donors (Lipinski definition) is 1. The van der Waals surface area contributed by atoms with Gasteiger partial charge in [-0.15, -0.1) is 0 Å². The number of anilines is 1. The molecule has 0 fully saturated rings. The van der Waals surface area contributed by atoms with E-state index in [9.17, 15) is 4.79 Å². The number of hydrogen-bond acceptors (Lipinski definition) is 3. The molecule has 1 N–H and O–H groups in total. The summed E-state index contributed by atoms with van der Waals surface area (Å²) >= 11 is 0. The summed E-state index contributed by atoms with van der Waals surface area (Å²) in [5.74, 6) is 0.553. The number of carbonyl (C=O) groups is 1. The average molecular weight is 276 g/mol. The zero-order valence-corrected chi connectivity index (χ0v) is 12.6. The van der Waals surface area contributed by atoms with E-state index < -0.39 is 0 Å². The Kier molecular flexibility index (Phi) is 5.01. The molecule has 0 radical (unpaired) electrons. The maximum absolute atomic E-state index is 12.6. The Morgan fingerprint density at radius 1 is 1.45 bits per heavy atom. The number of nitrogens with zero attached hydrogens (tertiary/aromatic N) is 1. The van der Waals surface area contributed by atoms with Crippen molar-refractivity contribution in [3.05, 3.63) is 29.3 Å². The molecule has 20 heavy (non-hydrogen) atoms. The van der Waals surface area contributed by atoms with E-state index in [0.29, 0.717) is 19.1 Å². The average Bonchev–Trinajstić information content (AvgIpc) is 2.89. The third-order valence-corrected chi connectivity index (χ3v) is 3.50. The van der Waals surface area contributed by atoms with Crippen LogP contribution in [0.5, 0.6) is 0 Å². The lowest BCUT2D eigenvalue weighted by Gasteiger charge is -2.24. The normalized spacial score (nSPS) is 13.2. The van der Waals surface area contributed by atoms with Crippen LogP contribution in [-0.4, -0.2) is 44.2 Å². The minimum absolute atomic E-state index is 0.102. The molecule has 1 amide bonds. The van der Waals surface area contributed by atoms with Gasteiger partial charge in [-0.25, -0.2) is 0 Å². The van der Waals surface area contributed by atoms with E-state index in [-0.39, 0.29) is 5.91 Å². The van der Waals surface area contributed by atoms with E-state index in [1.807, 2.05) is 23.1 Å². The molecule has 0 atom stereocenters. The van der Waals surface area contributed by atoms with Crippen molar-refractivity contribution in [2.24, 2.45) is 5.92 Å². The number of rotatable bonds is 6. The highest BCUT2D eigenvalue weighted by atomic mass is 16.5. The van der Waals surface area contributed by atoms with Crippen LogP contribution in [0, 0.1) is 5.92 Å². The Balaban J connectivity index is 2.13. The van der Waals surface area contributed by atoms with Gasteiger partial charge in [0.1, 0.15) is 0 Å². The predicted molar refractivity (Wildman–Crippen MR) is 81.3 cm³/mol. The van der Waals surface area contributed by atoms with Gasteiger partial charge in [-0.1, -0.05) is 13.8 Å². The number of amides is 1. The smallest absolute Gasteiger partial charge is 0.253 e. The van der Waals surface area contributed by atoms with Gasteiger partial charge in [0.2, 0.25) is 0 Å². The van der Waals surface area contributed by atoms with Crippen LogP contribution in [0.2, 0.25) is 0 Å². The Hall–Kier alpha value is -1.55. The van der Waals surface area contributed by atoms with Crippen LogP contribution in [-0.2, 0) is 11.2 Å². The molecule has 1 aromatic carbocycles. The summed E-state index contributed by atoms with van der Waals surface area (Å²) in [6, 6.07) is 5.96. The summed E-state index contributed by atoms with van der Waals surface area (Å²) in [6.45, 7) is 7.19. The Bertz CT molecular complexity index is 472. The Labute approximate surface area is 121 Å². The largest absolute Gasteiger partial charge is 0.384 e. The molecule has 110 valence electrons. The fourth-order valence-electron chi connectivity index (χ4n) is 2.54. The number of methoxy groups -OCH3 is 1. The van der Waals surface area contributed by atoms with Gasteiger partial charge >= 0.3 is 0 Å². The second-order valence-corrected chi connectivity index (χ2v) is 5.69. The van der Waals surface area contributed by atoms with Crippen LogP contribution in [0.15, 0.2) is 18.2 Å². The fourth-order valence-corrected chi connectivity index (χ4v) is 2.54. The molecule has 0 saturated carbocycles. The monoisotopic (exact) mass is 276 g/mol. The number of ether oxygens (including phenoxy) is 1.